The summed E-state index contributed by atoms with van der Waals surface area (Å²) in [5.74, 6) is 4.95. The summed E-state index contributed by atoms with van der Waals surface area (Å²) in [6.07, 6.45) is 3.26. The van der Waals surface area contributed by atoms with Gasteiger partial charge in [-0.3, -0.25) is 4.79 Å². The van der Waals surface area contributed by atoms with Gasteiger partial charge >= 0.3 is 0 Å². The van der Waals surface area contributed by atoms with Crippen molar-refractivity contribution in [1.82, 2.24) is 14.6 Å². The Bertz CT molecular complexity index is 608. The summed E-state index contributed by atoms with van der Waals surface area (Å²) >= 11 is 5.76. The number of nitrogens with two attached hydrogens (primary N) is 1. The van der Waals surface area contributed by atoms with Crippen molar-refractivity contribution in [3.05, 3.63) is 29.2 Å². The number of rotatable bonds is 1. The molecule has 6 heteroatoms. The lowest BCUT2D eigenvalue weighted by Gasteiger charge is -1.92. The number of amides is 1. The van der Waals surface area contributed by atoms with Gasteiger partial charge in [-0.2, -0.15) is 5.10 Å². The number of halogens is 1. The van der Waals surface area contributed by atoms with Gasteiger partial charge in [-0.15, -0.1) is 0 Å². The fourth-order valence-electron chi connectivity index (χ4n) is 1.16. The van der Waals surface area contributed by atoms with Gasteiger partial charge in [0.15, 0.2) is 5.65 Å². The molecule has 2 aromatic rings. The van der Waals surface area contributed by atoms with Crippen LogP contribution in [-0.2, 0) is 4.79 Å². The predicted molar refractivity (Wildman–Crippen MR) is 58.7 cm³/mol. The SMILES string of the molecule is NC(=O)CC#Cc1cnn2ccc(Cl)nc12. The Hall–Kier alpha value is -2.06. The molecule has 1 amide bonds. The van der Waals surface area contributed by atoms with Gasteiger partial charge in [-0.05, 0) is 6.07 Å². The second-order valence-electron chi connectivity index (χ2n) is 3.02. The summed E-state index contributed by atoms with van der Waals surface area (Å²) < 4.78 is 1.56. The lowest BCUT2D eigenvalue weighted by atomic mass is 10.3. The van der Waals surface area contributed by atoms with Crippen LogP contribution in [-0.4, -0.2) is 20.5 Å². The molecule has 0 saturated heterocycles. The number of fused-ring (bicyclic) bond motifs is 1. The molecule has 0 atom stereocenters. The van der Waals surface area contributed by atoms with E-state index in [4.69, 9.17) is 17.3 Å². The van der Waals surface area contributed by atoms with Crippen LogP contribution in [0.4, 0.5) is 0 Å². The van der Waals surface area contributed by atoms with Gasteiger partial charge in [0, 0.05) is 6.20 Å². The normalized spacial score (nSPS) is 9.81. The minimum Gasteiger partial charge on any atom is -0.369 e. The number of carbonyl (C=O) groups excluding carboxylic acids is 1. The zero-order chi connectivity index (χ0) is 11.5. The van der Waals surface area contributed by atoms with Gasteiger partial charge in [0.05, 0.1) is 18.2 Å². The van der Waals surface area contributed by atoms with Gasteiger partial charge in [0.1, 0.15) is 5.15 Å². The highest BCUT2D eigenvalue weighted by Crippen LogP contribution is 2.10. The van der Waals surface area contributed by atoms with Crippen molar-refractivity contribution in [2.75, 3.05) is 0 Å². The Balaban J connectivity index is 2.40. The second kappa shape index (κ2) is 4.21. The van der Waals surface area contributed by atoms with Crippen LogP contribution < -0.4 is 5.73 Å². The molecule has 5 nitrogen and oxygen atoms in total. The van der Waals surface area contributed by atoms with Crippen LogP contribution in [0, 0.1) is 11.8 Å². The van der Waals surface area contributed by atoms with Gasteiger partial charge in [-0.25, -0.2) is 9.50 Å². The summed E-state index contributed by atoms with van der Waals surface area (Å²) in [5.41, 5.74) is 6.14. The topological polar surface area (TPSA) is 73.3 Å². The predicted octanol–water partition coefficient (Wildman–Crippen LogP) is 0.610. The highest BCUT2D eigenvalue weighted by Gasteiger charge is 2.03. The molecule has 0 aromatic carbocycles. The maximum atomic E-state index is 10.5. The number of carbonyl (C=O) groups is 1. The van der Waals surface area contributed by atoms with Crippen LogP contribution in [0.2, 0.25) is 5.15 Å². The molecule has 0 aliphatic rings. The molecule has 2 heterocycles. The number of hydrogen-bond acceptors (Lipinski definition) is 3. The van der Waals surface area contributed by atoms with Gasteiger partial charge in [-0.1, -0.05) is 23.4 Å². The Morgan fingerprint density at radius 1 is 1.62 bits per heavy atom. The minimum absolute atomic E-state index is 0.0118. The maximum Gasteiger partial charge on any atom is 0.229 e. The molecule has 2 rings (SSSR count). The van der Waals surface area contributed by atoms with Crippen molar-refractivity contribution >= 4 is 23.2 Å². The van der Waals surface area contributed by atoms with E-state index in [2.05, 4.69) is 21.9 Å². The summed E-state index contributed by atoms with van der Waals surface area (Å²) in [5, 5.41) is 4.40. The number of nitrogens with zero attached hydrogens (tertiary/aromatic N) is 3. The lowest BCUT2D eigenvalue weighted by Crippen LogP contribution is -2.08. The van der Waals surface area contributed by atoms with Crippen LogP contribution >= 0.6 is 11.6 Å². The number of hydrogen-bond donors (Lipinski definition) is 1. The summed E-state index contributed by atoms with van der Waals surface area (Å²) in [7, 11) is 0. The third kappa shape index (κ3) is 2.12. The molecule has 0 aliphatic carbocycles. The summed E-state index contributed by atoms with van der Waals surface area (Å²) in [6.45, 7) is 0. The molecular formula is C10H7ClN4O. The van der Waals surface area contributed by atoms with Crippen LogP contribution in [0.3, 0.4) is 0 Å². The molecule has 0 saturated carbocycles. The monoisotopic (exact) mass is 234 g/mol. The van der Waals surface area contributed by atoms with Gasteiger partial charge < -0.3 is 5.73 Å². The average Bonchev–Trinajstić information content (AvgIpc) is 2.60. The average molecular weight is 235 g/mol. The fraction of sp³-hybridized carbons (Fsp3) is 0.100. The molecule has 2 aromatic heterocycles. The Labute approximate surface area is 96.2 Å². The molecule has 0 unspecified atom stereocenters. The Morgan fingerprint density at radius 2 is 2.44 bits per heavy atom. The fourth-order valence-corrected chi connectivity index (χ4v) is 1.30. The third-order valence-corrected chi connectivity index (χ3v) is 2.03. The van der Waals surface area contributed by atoms with E-state index >= 15 is 0 Å². The van der Waals surface area contributed by atoms with Crippen LogP contribution in [0.5, 0.6) is 0 Å². The van der Waals surface area contributed by atoms with Crippen molar-refractivity contribution in [3.63, 3.8) is 0 Å². The van der Waals surface area contributed by atoms with E-state index in [9.17, 15) is 4.79 Å². The van der Waals surface area contributed by atoms with Gasteiger partial charge in [0.25, 0.3) is 0 Å². The highest BCUT2D eigenvalue weighted by atomic mass is 35.5. The smallest absolute Gasteiger partial charge is 0.229 e. The zero-order valence-corrected chi connectivity index (χ0v) is 8.90. The zero-order valence-electron chi connectivity index (χ0n) is 8.14. The first kappa shape index (κ1) is 10.5. The first-order chi connectivity index (χ1) is 7.66. The molecule has 16 heavy (non-hydrogen) atoms. The quantitative estimate of drug-likeness (QED) is 0.580. The van der Waals surface area contributed by atoms with Crippen molar-refractivity contribution in [2.45, 2.75) is 6.42 Å². The summed E-state index contributed by atoms with van der Waals surface area (Å²) in [6, 6.07) is 1.63. The molecule has 0 radical (unpaired) electrons. The second-order valence-corrected chi connectivity index (χ2v) is 3.41. The van der Waals surface area contributed by atoms with Crippen LogP contribution in [0.1, 0.15) is 12.0 Å². The largest absolute Gasteiger partial charge is 0.369 e. The van der Waals surface area contributed by atoms with E-state index in [-0.39, 0.29) is 6.42 Å². The molecule has 0 spiro atoms. The molecule has 0 bridgehead atoms. The van der Waals surface area contributed by atoms with E-state index in [0.29, 0.717) is 16.4 Å². The standard InChI is InChI=1S/C10H7ClN4O/c11-8-4-5-15-10(14-8)7(6-13-15)2-1-3-9(12)16/h4-6H,3H2,(H2,12,16). The minimum atomic E-state index is -0.463. The molecule has 0 fully saturated rings. The Morgan fingerprint density at radius 3 is 3.19 bits per heavy atom. The first-order valence-corrected chi connectivity index (χ1v) is 4.81. The van der Waals surface area contributed by atoms with Gasteiger partial charge in [0.2, 0.25) is 5.91 Å². The van der Waals surface area contributed by atoms with E-state index in [1.54, 1.807) is 23.0 Å². The molecule has 0 aliphatic heterocycles. The highest BCUT2D eigenvalue weighted by molar-refractivity contribution is 6.29. The lowest BCUT2D eigenvalue weighted by molar-refractivity contribution is -0.117. The Kier molecular flexibility index (Phi) is 2.75. The molecule has 2 N–H and O–H groups in total. The summed E-state index contributed by atoms with van der Waals surface area (Å²) in [4.78, 5) is 14.6. The first-order valence-electron chi connectivity index (χ1n) is 4.44. The molecule has 80 valence electrons. The maximum absolute atomic E-state index is 10.5. The number of primary amides is 1. The van der Waals surface area contributed by atoms with Crippen LogP contribution in [0.15, 0.2) is 18.5 Å². The third-order valence-electron chi connectivity index (χ3n) is 1.82. The molecular weight excluding hydrogens is 228 g/mol. The van der Waals surface area contributed by atoms with E-state index in [1.807, 2.05) is 0 Å². The van der Waals surface area contributed by atoms with Crippen molar-refractivity contribution in [1.29, 1.82) is 0 Å². The van der Waals surface area contributed by atoms with Crippen molar-refractivity contribution < 1.29 is 4.79 Å². The van der Waals surface area contributed by atoms with E-state index in [0.717, 1.165) is 0 Å². The van der Waals surface area contributed by atoms with E-state index in [1.165, 1.54) is 0 Å². The van der Waals surface area contributed by atoms with Crippen molar-refractivity contribution in [2.24, 2.45) is 5.73 Å². The number of aromatic nitrogens is 3. The van der Waals surface area contributed by atoms with E-state index < -0.39 is 5.91 Å². The van der Waals surface area contributed by atoms with Crippen LogP contribution in [0.25, 0.3) is 5.65 Å². The van der Waals surface area contributed by atoms with Crippen molar-refractivity contribution in [3.8, 4) is 11.8 Å².